The largest absolute Gasteiger partial charge is 0.373 e. The van der Waals surface area contributed by atoms with E-state index in [9.17, 15) is 8.42 Å². The van der Waals surface area contributed by atoms with Crippen molar-refractivity contribution in [3.63, 3.8) is 0 Å². The Labute approximate surface area is 111 Å². The molecule has 10 heteroatoms. The minimum Gasteiger partial charge on any atom is -0.373 e. The van der Waals surface area contributed by atoms with E-state index < -0.39 is 16.3 Å². The molecule has 1 aromatic heterocycles. The molecule has 0 radical (unpaired) electrons. The van der Waals surface area contributed by atoms with E-state index in [4.69, 9.17) is 4.74 Å². The van der Waals surface area contributed by atoms with Gasteiger partial charge >= 0.3 is 0 Å². The van der Waals surface area contributed by atoms with Crippen LogP contribution in [0.1, 0.15) is 32.6 Å². The van der Waals surface area contributed by atoms with Crippen molar-refractivity contribution < 1.29 is 13.2 Å². The predicted octanol–water partition coefficient (Wildman–Crippen LogP) is -0.796. The van der Waals surface area contributed by atoms with Gasteiger partial charge in [-0.1, -0.05) is 5.21 Å². The first-order valence-electron chi connectivity index (χ1n) is 6.04. The van der Waals surface area contributed by atoms with Crippen LogP contribution in [-0.2, 0) is 14.9 Å². The molecule has 2 heterocycles. The standard InChI is InChI=1S/C9H18N6O3S/c1-6-4-15(5-7(2)18-6)19(16,17)12-8(3)9-10-13-14-11-9/h6-8,12H,4-5H2,1-3H3,(H,10,11,13,14). The fourth-order valence-electron chi connectivity index (χ4n) is 2.03. The van der Waals surface area contributed by atoms with Crippen LogP contribution in [-0.4, -0.2) is 58.6 Å². The molecular formula is C9H18N6O3S. The first-order chi connectivity index (χ1) is 8.88. The third-order valence-electron chi connectivity index (χ3n) is 2.80. The molecule has 3 atom stereocenters. The molecule has 108 valence electrons. The summed E-state index contributed by atoms with van der Waals surface area (Å²) in [5.74, 6) is 0.304. The maximum atomic E-state index is 12.3. The number of aromatic nitrogens is 4. The first kappa shape index (κ1) is 14.3. The van der Waals surface area contributed by atoms with Crippen molar-refractivity contribution in [2.24, 2.45) is 0 Å². The maximum Gasteiger partial charge on any atom is 0.280 e. The summed E-state index contributed by atoms with van der Waals surface area (Å²) in [6, 6.07) is -0.544. The van der Waals surface area contributed by atoms with E-state index in [2.05, 4.69) is 25.3 Å². The van der Waals surface area contributed by atoms with E-state index in [1.54, 1.807) is 6.92 Å². The van der Waals surface area contributed by atoms with E-state index >= 15 is 0 Å². The number of nitrogens with zero attached hydrogens (tertiary/aromatic N) is 4. The van der Waals surface area contributed by atoms with Gasteiger partial charge in [0.25, 0.3) is 10.2 Å². The highest BCUT2D eigenvalue weighted by Gasteiger charge is 2.32. The van der Waals surface area contributed by atoms with Gasteiger partial charge in [-0.25, -0.2) is 0 Å². The van der Waals surface area contributed by atoms with Crippen LogP contribution < -0.4 is 4.72 Å². The summed E-state index contributed by atoms with van der Waals surface area (Å²) in [6.07, 6.45) is -0.249. The zero-order valence-electron chi connectivity index (χ0n) is 11.1. The molecule has 0 bridgehead atoms. The van der Waals surface area contributed by atoms with Gasteiger partial charge in [0.05, 0.1) is 18.2 Å². The van der Waals surface area contributed by atoms with Crippen LogP contribution in [0.3, 0.4) is 0 Å². The Balaban J connectivity index is 2.05. The molecule has 9 nitrogen and oxygen atoms in total. The zero-order chi connectivity index (χ0) is 14.0. The molecule has 0 saturated carbocycles. The summed E-state index contributed by atoms with van der Waals surface area (Å²) in [7, 11) is -3.59. The summed E-state index contributed by atoms with van der Waals surface area (Å²) in [6.45, 7) is 6.02. The van der Waals surface area contributed by atoms with Crippen LogP contribution in [0.15, 0.2) is 0 Å². The average Bonchev–Trinajstić information content (AvgIpc) is 2.80. The van der Waals surface area contributed by atoms with E-state index in [0.717, 1.165) is 0 Å². The summed E-state index contributed by atoms with van der Waals surface area (Å²) < 4.78 is 33.9. The second-order valence-electron chi connectivity index (χ2n) is 4.69. The van der Waals surface area contributed by atoms with Crippen molar-refractivity contribution >= 4 is 10.2 Å². The molecule has 0 spiro atoms. The number of rotatable bonds is 4. The molecule has 19 heavy (non-hydrogen) atoms. The molecule has 1 aliphatic rings. The number of nitrogens with one attached hydrogen (secondary N) is 2. The highest BCUT2D eigenvalue weighted by Crippen LogP contribution is 2.15. The Morgan fingerprint density at radius 1 is 1.42 bits per heavy atom. The number of hydrogen-bond acceptors (Lipinski definition) is 6. The van der Waals surface area contributed by atoms with Crippen LogP contribution in [0, 0.1) is 0 Å². The minimum absolute atomic E-state index is 0.124. The lowest BCUT2D eigenvalue weighted by atomic mass is 10.3. The topological polar surface area (TPSA) is 113 Å². The van der Waals surface area contributed by atoms with E-state index in [0.29, 0.717) is 18.9 Å². The predicted molar refractivity (Wildman–Crippen MR) is 66.2 cm³/mol. The summed E-state index contributed by atoms with van der Waals surface area (Å²) in [4.78, 5) is 0. The maximum absolute atomic E-state index is 12.3. The molecule has 1 fully saturated rings. The quantitative estimate of drug-likeness (QED) is 0.751. The number of H-pyrrole nitrogens is 1. The van der Waals surface area contributed by atoms with Crippen LogP contribution in [0.2, 0.25) is 0 Å². The van der Waals surface area contributed by atoms with Crippen LogP contribution >= 0.6 is 0 Å². The molecular weight excluding hydrogens is 272 g/mol. The Morgan fingerprint density at radius 2 is 2.05 bits per heavy atom. The Kier molecular flexibility index (Phi) is 4.13. The molecule has 2 rings (SSSR count). The molecule has 3 unspecified atom stereocenters. The minimum atomic E-state index is -3.59. The Bertz CT molecular complexity index is 494. The van der Waals surface area contributed by atoms with Crippen molar-refractivity contribution in [3.05, 3.63) is 5.82 Å². The molecule has 1 aromatic rings. The van der Waals surface area contributed by atoms with Gasteiger partial charge in [0.1, 0.15) is 0 Å². The smallest absolute Gasteiger partial charge is 0.280 e. The van der Waals surface area contributed by atoms with Crippen molar-refractivity contribution in [3.8, 4) is 0 Å². The van der Waals surface area contributed by atoms with Crippen molar-refractivity contribution in [1.29, 1.82) is 0 Å². The third-order valence-corrected chi connectivity index (χ3v) is 4.43. The number of aromatic amines is 1. The number of hydrogen-bond donors (Lipinski definition) is 2. The van der Waals surface area contributed by atoms with Gasteiger partial charge in [-0.15, -0.1) is 10.2 Å². The van der Waals surface area contributed by atoms with E-state index in [-0.39, 0.29) is 12.2 Å². The second kappa shape index (κ2) is 5.49. The molecule has 0 aromatic carbocycles. The van der Waals surface area contributed by atoms with Crippen molar-refractivity contribution in [2.75, 3.05) is 13.1 Å². The summed E-state index contributed by atoms with van der Waals surface area (Å²) in [5, 5.41) is 13.2. The number of tetrazole rings is 1. The van der Waals surface area contributed by atoms with E-state index in [1.807, 2.05) is 13.8 Å². The number of ether oxygens (including phenoxy) is 1. The highest BCUT2D eigenvalue weighted by atomic mass is 32.2. The summed E-state index contributed by atoms with van der Waals surface area (Å²) in [5.41, 5.74) is 0. The van der Waals surface area contributed by atoms with Crippen molar-refractivity contribution in [2.45, 2.75) is 39.0 Å². The van der Waals surface area contributed by atoms with Crippen LogP contribution in [0.25, 0.3) is 0 Å². The monoisotopic (exact) mass is 290 g/mol. The fraction of sp³-hybridized carbons (Fsp3) is 0.889. The van der Waals surface area contributed by atoms with Gasteiger partial charge in [0.15, 0.2) is 5.82 Å². The van der Waals surface area contributed by atoms with E-state index in [1.165, 1.54) is 4.31 Å². The zero-order valence-corrected chi connectivity index (χ0v) is 11.9. The van der Waals surface area contributed by atoms with Gasteiger partial charge in [-0.3, -0.25) is 0 Å². The Morgan fingerprint density at radius 3 is 2.58 bits per heavy atom. The molecule has 2 N–H and O–H groups in total. The fourth-order valence-corrected chi connectivity index (χ4v) is 3.54. The lowest BCUT2D eigenvalue weighted by Crippen LogP contribution is -2.52. The second-order valence-corrected chi connectivity index (χ2v) is 6.39. The lowest BCUT2D eigenvalue weighted by Gasteiger charge is -2.34. The van der Waals surface area contributed by atoms with Crippen LogP contribution in [0.4, 0.5) is 0 Å². The van der Waals surface area contributed by atoms with Gasteiger partial charge in [-0.05, 0) is 20.8 Å². The molecule has 1 aliphatic heterocycles. The highest BCUT2D eigenvalue weighted by molar-refractivity contribution is 7.87. The van der Waals surface area contributed by atoms with Crippen LogP contribution in [0.5, 0.6) is 0 Å². The van der Waals surface area contributed by atoms with Gasteiger partial charge in [0, 0.05) is 13.1 Å². The Hall–Kier alpha value is -1.10. The SMILES string of the molecule is CC1CN(S(=O)(=O)NC(C)c2nn[nH]n2)CC(C)O1. The lowest BCUT2D eigenvalue weighted by molar-refractivity contribution is -0.0444. The normalized spacial score (nSPS) is 27.3. The van der Waals surface area contributed by atoms with Crippen molar-refractivity contribution in [1.82, 2.24) is 29.7 Å². The molecule has 1 saturated heterocycles. The summed E-state index contributed by atoms with van der Waals surface area (Å²) >= 11 is 0. The third kappa shape index (κ3) is 3.47. The molecule has 0 amide bonds. The number of morpholine rings is 1. The average molecular weight is 290 g/mol. The molecule has 0 aliphatic carbocycles. The first-order valence-corrected chi connectivity index (χ1v) is 7.48. The van der Waals surface area contributed by atoms with Gasteiger partial charge < -0.3 is 4.74 Å². The van der Waals surface area contributed by atoms with Gasteiger partial charge in [0.2, 0.25) is 0 Å². The van der Waals surface area contributed by atoms with Gasteiger partial charge in [-0.2, -0.15) is 22.7 Å².